The Bertz CT molecular complexity index is 935. The molecule has 2 aromatic heterocycles. The van der Waals surface area contributed by atoms with E-state index in [2.05, 4.69) is 15.1 Å². The number of nitriles is 1. The fraction of sp³-hybridized carbons (Fsp3) is 0.143. The number of H-pyrrole nitrogens is 1. The standard InChI is InChI=1S/C14H11N5OS/c1-19-7-9-4-3-8(5-11(9)18-19)12-10(6-15)13(20)17-14(16-12)21-2/h3-5,7H,1-2H3,(H,16,17,20). The number of hydrogen-bond acceptors (Lipinski definition) is 5. The molecule has 1 N–H and O–H groups in total. The van der Waals surface area contributed by atoms with Gasteiger partial charge >= 0.3 is 0 Å². The van der Waals surface area contributed by atoms with Crippen molar-refractivity contribution in [2.24, 2.45) is 7.05 Å². The Labute approximate surface area is 124 Å². The van der Waals surface area contributed by atoms with Crippen molar-refractivity contribution < 1.29 is 0 Å². The second kappa shape index (κ2) is 5.07. The third-order valence-corrected chi connectivity index (χ3v) is 3.68. The SMILES string of the molecule is CSc1nc(-c2ccc3cn(C)nc3c2)c(C#N)c(=O)[nH]1. The molecule has 0 spiro atoms. The summed E-state index contributed by atoms with van der Waals surface area (Å²) in [5.74, 6) is 0. The number of aryl methyl sites for hydroxylation is 1. The van der Waals surface area contributed by atoms with Gasteiger partial charge in [0.15, 0.2) is 5.16 Å². The number of fused-ring (bicyclic) bond motifs is 1. The number of rotatable bonds is 2. The molecule has 7 heteroatoms. The zero-order valence-corrected chi connectivity index (χ0v) is 12.2. The van der Waals surface area contributed by atoms with Gasteiger partial charge in [-0.1, -0.05) is 23.9 Å². The largest absolute Gasteiger partial charge is 0.300 e. The molecule has 0 aliphatic heterocycles. The Kier molecular flexibility index (Phi) is 3.23. The minimum atomic E-state index is -0.423. The Morgan fingerprint density at radius 2 is 2.24 bits per heavy atom. The maximum absolute atomic E-state index is 11.9. The van der Waals surface area contributed by atoms with Crippen LogP contribution in [0.15, 0.2) is 34.3 Å². The minimum absolute atomic E-state index is 0.0167. The molecule has 6 nitrogen and oxygen atoms in total. The summed E-state index contributed by atoms with van der Waals surface area (Å²) in [5, 5.41) is 15.0. The van der Waals surface area contributed by atoms with Gasteiger partial charge in [0.05, 0.1) is 11.2 Å². The monoisotopic (exact) mass is 297 g/mol. The van der Waals surface area contributed by atoms with Crippen LogP contribution in [0.1, 0.15) is 5.56 Å². The van der Waals surface area contributed by atoms with Crippen LogP contribution in [0.5, 0.6) is 0 Å². The van der Waals surface area contributed by atoms with E-state index in [1.165, 1.54) is 11.8 Å². The summed E-state index contributed by atoms with van der Waals surface area (Å²) in [7, 11) is 1.84. The molecular formula is C14H11N5OS. The summed E-state index contributed by atoms with van der Waals surface area (Å²) in [6, 6.07) is 7.51. The molecule has 0 saturated heterocycles. The van der Waals surface area contributed by atoms with E-state index in [0.29, 0.717) is 16.4 Å². The number of benzene rings is 1. The molecule has 2 heterocycles. The van der Waals surface area contributed by atoms with Crippen LogP contribution < -0.4 is 5.56 Å². The first-order valence-electron chi connectivity index (χ1n) is 6.14. The number of aromatic amines is 1. The Hall–Kier alpha value is -2.59. The molecule has 0 atom stereocenters. The number of thioether (sulfide) groups is 1. The molecular weight excluding hydrogens is 286 g/mol. The Morgan fingerprint density at radius 3 is 2.95 bits per heavy atom. The quantitative estimate of drug-likeness (QED) is 0.576. The maximum atomic E-state index is 11.9. The van der Waals surface area contributed by atoms with Crippen molar-refractivity contribution in [1.29, 1.82) is 5.26 Å². The number of hydrogen-bond donors (Lipinski definition) is 1. The average Bonchev–Trinajstić information content (AvgIpc) is 2.85. The fourth-order valence-corrected chi connectivity index (χ4v) is 2.53. The van der Waals surface area contributed by atoms with E-state index in [9.17, 15) is 10.1 Å². The zero-order valence-electron chi connectivity index (χ0n) is 11.4. The van der Waals surface area contributed by atoms with Crippen LogP contribution in [0, 0.1) is 11.3 Å². The van der Waals surface area contributed by atoms with E-state index in [0.717, 1.165) is 10.9 Å². The highest BCUT2D eigenvalue weighted by Gasteiger charge is 2.14. The van der Waals surface area contributed by atoms with Gasteiger partial charge in [0, 0.05) is 24.2 Å². The lowest BCUT2D eigenvalue weighted by Gasteiger charge is -2.05. The van der Waals surface area contributed by atoms with Crippen LogP contribution in [-0.4, -0.2) is 26.0 Å². The van der Waals surface area contributed by atoms with E-state index in [-0.39, 0.29) is 5.56 Å². The van der Waals surface area contributed by atoms with Crippen molar-refractivity contribution in [1.82, 2.24) is 19.7 Å². The fourth-order valence-electron chi connectivity index (χ4n) is 2.15. The third-order valence-electron chi connectivity index (χ3n) is 3.10. The molecule has 0 fully saturated rings. The van der Waals surface area contributed by atoms with Crippen molar-refractivity contribution in [3.05, 3.63) is 40.3 Å². The first-order chi connectivity index (χ1) is 10.1. The molecule has 0 radical (unpaired) electrons. The second-order valence-corrected chi connectivity index (χ2v) is 5.28. The Balaban J connectivity index is 2.28. The molecule has 3 rings (SSSR count). The van der Waals surface area contributed by atoms with Crippen LogP contribution in [0.4, 0.5) is 0 Å². The minimum Gasteiger partial charge on any atom is -0.300 e. The molecule has 21 heavy (non-hydrogen) atoms. The molecule has 3 aromatic rings. The summed E-state index contributed by atoms with van der Waals surface area (Å²) in [6.07, 6.45) is 3.72. The van der Waals surface area contributed by atoms with E-state index in [1.807, 2.05) is 43.8 Å². The lowest BCUT2D eigenvalue weighted by molar-refractivity contribution is 0.780. The lowest BCUT2D eigenvalue weighted by atomic mass is 10.1. The van der Waals surface area contributed by atoms with Gasteiger partial charge in [-0.3, -0.25) is 9.48 Å². The summed E-state index contributed by atoms with van der Waals surface area (Å²) in [5.41, 5.74) is 1.49. The van der Waals surface area contributed by atoms with Gasteiger partial charge in [0.2, 0.25) is 0 Å². The molecule has 104 valence electrons. The van der Waals surface area contributed by atoms with Gasteiger partial charge < -0.3 is 4.98 Å². The van der Waals surface area contributed by atoms with Crippen LogP contribution in [-0.2, 0) is 7.05 Å². The van der Waals surface area contributed by atoms with E-state index in [1.54, 1.807) is 4.68 Å². The summed E-state index contributed by atoms with van der Waals surface area (Å²) in [6.45, 7) is 0. The van der Waals surface area contributed by atoms with E-state index >= 15 is 0 Å². The number of aromatic nitrogens is 4. The van der Waals surface area contributed by atoms with Gasteiger partial charge in [-0.15, -0.1) is 0 Å². The van der Waals surface area contributed by atoms with Crippen LogP contribution in [0.3, 0.4) is 0 Å². The molecule has 0 unspecified atom stereocenters. The van der Waals surface area contributed by atoms with E-state index < -0.39 is 5.56 Å². The highest BCUT2D eigenvalue weighted by Crippen LogP contribution is 2.24. The van der Waals surface area contributed by atoms with E-state index in [4.69, 9.17) is 0 Å². The molecule has 0 bridgehead atoms. The van der Waals surface area contributed by atoms with Gasteiger partial charge in [-0.25, -0.2) is 4.98 Å². The predicted molar refractivity (Wildman–Crippen MR) is 81.1 cm³/mol. The van der Waals surface area contributed by atoms with Crippen molar-refractivity contribution >= 4 is 22.7 Å². The van der Waals surface area contributed by atoms with Crippen LogP contribution in [0.2, 0.25) is 0 Å². The van der Waals surface area contributed by atoms with Gasteiger partial charge in [-0.05, 0) is 12.3 Å². The Morgan fingerprint density at radius 1 is 1.43 bits per heavy atom. The first-order valence-corrected chi connectivity index (χ1v) is 7.37. The van der Waals surface area contributed by atoms with Gasteiger partial charge in [0.1, 0.15) is 11.6 Å². The van der Waals surface area contributed by atoms with Crippen molar-refractivity contribution in [2.75, 3.05) is 6.26 Å². The summed E-state index contributed by atoms with van der Waals surface area (Å²) < 4.78 is 1.72. The number of nitrogens with one attached hydrogen (secondary N) is 1. The highest BCUT2D eigenvalue weighted by molar-refractivity contribution is 7.98. The van der Waals surface area contributed by atoms with Crippen molar-refractivity contribution in [2.45, 2.75) is 5.16 Å². The van der Waals surface area contributed by atoms with Crippen molar-refractivity contribution in [3.63, 3.8) is 0 Å². The zero-order chi connectivity index (χ0) is 15.0. The molecule has 0 amide bonds. The smallest absolute Gasteiger partial charge is 0.270 e. The van der Waals surface area contributed by atoms with Crippen molar-refractivity contribution in [3.8, 4) is 17.3 Å². The van der Waals surface area contributed by atoms with Gasteiger partial charge in [0.25, 0.3) is 5.56 Å². The summed E-state index contributed by atoms with van der Waals surface area (Å²) >= 11 is 1.32. The number of nitrogens with zero attached hydrogens (tertiary/aromatic N) is 4. The predicted octanol–water partition coefficient (Wildman–Crippen LogP) is 1.92. The average molecular weight is 297 g/mol. The third kappa shape index (κ3) is 2.30. The highest BCUT2D eigenvalue weighted by atomic mass is 32.2. The molecule has 0 aliphatic carbocycles. The topological polar surface area (TPSA) is 87.4 Å². The van der Waals surface area contributed by atoms with Gasteiger partial charge in [-0.2, -0.15) is 10.4 Å². The molecule has 1 aromatic carbocycles. The molecule has 0 saturated carbocycles. The summed E-state index contributed by atoms with van der Waals surface area (Å²) in [4.78, 5) is 18.9. The van der Waals surface area contributed by atoms with Crippen LogP contribution in [0.25, 0.3) is 22.2 Å². The normalized spacial score (nSPS) is 10.7. The first kappa shape index (κ1) is 13.4. The molecule has 0 aliphatic rings. The van der Waals surface area contributed by atoms with Crippen LogP contribution >= 0.6 is 11.8 Å². The lowest BCUT2D eigenvalue weighted by Crippen LogP contribution is -2.14. The maximum Gasteiger partial charge on any atom is 0.270 e. The second-order valence-electron chi connectivity index (χ2n) is 4.49.